The molecule has 1 aliphatic carbocycles. The fraction of sp³-hybridized carbons (Fsp3) is 0.277. The Kier molecular flexibility index (Phi) is 26.9. The molecule has 4 aliphatic rings. The summed E-state index contributed by atoms with van der Waals surface area (Å²) in [7, 11) is 6.47. The normalized spacial score (nSPS) is 16.3. The van der Waals surface area contributed by atoms with Crippen LogP contribution >= 0.6 is 34.8 Å². The highest BCUT2D eigenvalue weighted by atomic mass is 35.5. The van der Waals surface area contributed by atoms with E-state index in [-0.39, 0.29) is 36.3 Å². The number of allylic oxidation sites excluding steroid dienone is 4. The Morgan fingerprint density at radius 2 is 1.29 bits per heavy atom. The summed E-state index contributed by atoms with van der Waals surface area (Å²) >= 11 is 18.8. The monoisotopic (exact) mass is 1650 g/mol. The molecule has 22 nitrogen and oxygen atoms in total. The van der Waals surface area contributed by atoms with Gasteiger partial charge in [-0.15, -0.1) is 6.42 Å². The molecular formula is C94H96Cl3N15O7. The lowest BCUT2D eigenvalue weighted by Crippen LogP contribution is -2.46. The molecular weight excluding hydrogens is 1560 g/mol. The number of piperazine rings is 1. The van der Waals surface area contributed by atoms with Gasteiger partial charge in [-0.3, -0.25) is 9.69 Å². The van der Waals surface area contributed by atoms with Gasteiger partial charge in [-0.2, -0.15) is 15.2 Å². The number of Topliss-reactive ketones (excluding diaryl/α,β-unsaturated/α-hetero) is 1. The van der Waals surface area contributed by atoms with Gasteiger partial charge in [0, 0.05) is 107 Å². The van der Waals surface area contributed by atoms with Gasteiger partial charge in [-0.25, -0.2) is 29.3 Å². The van der Waals surface area contributed by atoms with Crippen molar-refractivity contribution in [1.82, 2.24) is 59.3 Å². The number of aryl methyl sites for hydroxylation is 2. The third-order valence-electron chi connectivity index (χ3n) is 22.0. The number of anilines is 3. The zero-order valence-corrected chi connectivity index (χ0v) is 70.4. The molecule has 1 saturated heterocycles. The predicted octanol–water partition coefficient (Wildman–Crippen LogP) is 18.5. The lowest BCUT2D eigenvalue weighted by Gasteiger charge is -2.36. The van der Waals surface area contributed by atoms with E-state index in [1.165, 1.54) is 12.7 Å². The number of benzene rings is 8. The van der Waals surface area contributed by atoms with Gasteiger partial charge in [0.15, 0.2) is 28.6 Å². The van der Waals surface area contributed by atoms with Crippen LogP contribution in [0.2, 0.25) is 15.1 Å². The van der Waals surface area contributed by atoms with E-state index in [0.717, 1.165) is 180 Å². The van der Waals surface area contributed by atoms with E-state index in [4.69, 9.17) is 74.9 Å². The van der Waals surface area contributed by atoms with Crippen LogP contribution in [0.1, 0.15) is 109 Å². The molecule has 0 saturated carbocycles. The highest BCUT2D eigenvalue weighted by molar-refractivity contribution is 6.32. The molecule has 13 aromatic rings. The molecule has 4 atom stereocenters. The van der Waals surface area contributed by atoms with Gasteiger partial charge in [-0.1, -0.05) is 157 Å². The minimum Gasteiger partial charge on any atom is -0.497 e. The number of halogens is 3. The SMILES string of the molecule is C#CC1=C(C)NC2=C(C(=O)CC(c3ccc(Cl)cc3)C2)C1c1ccc(OC)cc1.CCCN1CCN(c2ncnc3c2c(-c2ccccc2)cn3-c2ccc(C)c(Cl)c2)CC1.CCOc1ccc(C2CC(c3cc(OC)c(OC)c(OC)c3)n3ncnc3N2)cc1.Cc1ccc(-n2ncc3c(N(CCO)Cc4ccccc4)ncnc32)cc1Cl. The minimum absolute atomic E-state index is 0.0278. The molecule has 119 heavy (non-hydrogen) atoms. The van der Waals surface area contributed by atoms with Gasteiger partial charge in [0.2, 0.25) is 11.7 Å². The number of nitrogens with one attached hydrogen (secondary N) is 2. The number of aliphatic hydroxyl groups excluding tert-OH is 1. The second-order valence-electron chi connectivity index (χ2n) is 29.4. The predicted molar refractivity (Wildman–Crippen MR) is 473 cm³/mol. The van der Waals surface area contributed by atoms with E-state index in [2.05, 4.69) is 130 Å². The standard InChI is InChI=1S/C26H28ClN5.C25H22ClNO2.C22H26N4O4.C21H20ClN5O/c1-3-11-30-12-14-31(15-13-30)25-24-22(20-7-5-4-6-8-20)17-32(26(24)29-18-28-25)21-10-9-19(2)23(27)16-21;1-4-21-15(2)27-22-13-18(16-5-9-19(26)10-6-16)14-23(28)25(22)24(21)17-7-11-20(29-3)12-8-17;1-5-30-16-8-6-14(7-9-16)17-12-18(26-22(25-17)23-13-24-26)15-10-19(27-2)21(29-4)20(11-15)28-3;1-15-7-8-17(11-19(15)22)27-21-18(12-25-27)20(23-14-24-21)26(9-10-28)13-16-5-3-2-4-6-16/h4-10,16-18H,3,11-15H2,1-2H3;1,5-12,18,24,27H,13-14H2,2-3H3;6-11,13,17-18H,5,12H2,1-4H3,(H,23,24,25);2-8,11-12,14,28H,9-10,13H2,1H3. The van der Waals surface area contributed by atoms with Crippen molar-refractivity contribution in [2.24, 2.45) is 0 Å². The highest BCUT2D eigenvalue weighted by Gasteiger charge is 2.39. The minimum atomic E-state index is -0.221. The second kappa shape index (κ2) is 38.4. The number of aliphatic hydroxyl groups is 1. The summed E-state index contributed by atoms with van der Waals surface area (Å²) < 4.78 is 33.2. The largest absolute Gasteiger partial charge is 0.497 e. The molecule has 610 valence electrons. The van der Waals surface area contributed by atoms with Crippen molar-refractivity contribution in [2.75, 3.05) is 96.0 Å². The Bertz CT molecular complexity index is 5780. The number of ketones is 1. The molecule has 3 aliphatic heterocycles. The quantitative estimate of drug-likeness (QED) is 0.0569. The van der Waals surface area contributed by atoms with Gasteiger partial charge in [0.05, 0.1) is 76.4 Å². The summed E-state index contributed by atoms with van der Waals surface area (Å²) in [6, 6.07) is 60.2. The van der Waals surface area contributed by atoms with E-state index < -0.39 is 0 Å². The van der Waals surface area contributed by atoms with Crippen molar-refractivity contribution >= 4 is 80.2 Å². The number of dihydropyridines is 1. The third-order valence-corrected chi connectivity index (χ3v) is 23.1. The smallest absolute Gasteiger partial charge is 0.222 e. The number of aromatic nitrogens is 10. The van der Waals surface area contributed by atoms with Crippen molar-refractivity contribution in [3.63, 3.8) is 0 Å². The number of fused-ring (bicyclic) bond motifs is 3. The summed E-state index contributed by atoms with van der Waals surface area (Å²) in [5.41, 5.74) is 16.8. The molecule has 17 rings (SSSR count). The lowest BCUT2D eigenvalue weighted by molar-refractivity contribution is -0.116. The molecule has 1 fully saturated rings. The molecule has 8 aromatic carbocycles. The first kappa shape index (κ1) is 83.3. The maximum atomic E-state index is 13.3. The average Bonchev–Trinajstić information content (AvgIpc) is 1.20. The van der Waals surface area contributed by atoms with E-state index in [0.29, 0.717) is 59.1 Å². The number of hydrogen-bond acceptors (Lipinski definition) is 19. The van der Waals surface area contributed by atoms with Gasteiger partial charge < -0.3 is 53.8 Å². The van der Waals surface area contributed by atoms with Crippen LogP contribution in [-0.4, -0.2) is 146 Å². The first-order chi connectivity index (χ1) is 58.0. The van der Waals surface area contributed by atoms with Crippen LogP contribution in [0.25, 0.3) is 44.6 Å². The van der Waals surface area contributed by atoms with Crippen LogP contribution < -0.4 is 44.1 Å². The van der Waals surface area contributed by atoms with Crippen LogP contribution in [-0.2, 0) is 11.3 Å². The number of hydrogen-bond donors (Lipinski definition) is 3. The van der Waals surface area contributed by atoms with Crippen LogP contribution in [0, 0.1) is 26.2 Å². The number of terminal acetylenes is 1. The van der Waals surface area contributed by atoms with Crippen molar-refractivity contribution in [1.29, 1.82) is 0 Å². The first-order valence-corrected chi connectivity index (χ1v) is 40.9. The fourth-order valence-corrected chi connectivity index (χ4v) is 16.4. The second-order valence-corrected chi connectivity index (χ2v) is 30.7. The van der Waals surface area contributed by atoms with Crippen LogP contribution in [0.15, 0.2) is 236 Å². The van der Waals surface area contributed by atoms with Gasteiger partial charge in [0.1, 0.15) is 42.1 Å². The van der Waals surface area contributed by atoms with Gasteiger partial charge in [0.25, 0.3) is 0 Å². The summed E-state index contributed by atoms with van der Waals surface area (Å²) in [4.78, 5) is 43.1. The number of carbonyl (C=O) groups excluding carboxylic acids is 1. The number of nitrogens with zero attached hydrogens (tertiary/aromatic N) is 13. The zero-order chi connectivity index (χ0) is 83.2. The highest BCUT2D eigenvalue weighted by Crippen LogP contribution is 2.48. The lowest BCUT2D eigenvalue weighted by atomic mass is 9.72. The Hall–Kier alpha value is -12.2. The summed E-state index contributed by atoms with van der Waals surface area (Å²) in [5, 5.41) is 29.5. The molecule has 25 heteroatoms. The van der Waals surface area contributed by atoms with Crippen molar-refractivity contribution < 1.29 is 33.6 Å². The molecule has 3 N–H and O–H groups in total. The topological polar surface area (TPSA) is 222 Å². The van der Waals surface area contributed by atoms with Crippen LogP contribution in [0.3, 0.4) is 0 Å². The van der Waals surface area contributed by atoms with Crippen LogP contribution in [0.5, 0.6) is 28.7 Å². The van der Waals surface area contributed by atoms with E-state index in [1.54, 1.807) is 52.0 Å². The molecule has 0 spiro atoms. The fourth-order valence-electron chi connectivity index (χ4n) is 15.9. The Morgan fingerprint density at radius 3 is 1.94 bits per heavy atom. The van der Waals surface area contributed by atoms with E-state index >= 15 is 0 Å². The Balaban J connectivity index is 0.000000130. The van der Waals surface area contributed by atoms with E-state index in [9.17, 15) is 9.90 Å². The molecule has 0 radical (unpaired) electrons. The van der Waals surface area contributed by atoms with Gasteiger partial charge >= 0.3 is 0 Å². The number of rotatable bonds is 21. The average molecular weight is 1650 g/mol. The zero-order valence-electron chi connectivity index (χ0n) is 68.1. The van der Waals surface area contributed by atoms with Gasteiger partial charge in [-0.05, 0) is 177 Å². The van der Waals surface area contributed by atoms with Crippen molar-refractivity contribution in [2.45, 2.75) is 90.8 Å². The molecule has 4 unspecified atom stereocenters. The number of ether oxygens (including phenoxy) is 5. The molecule has 0 amide bonds. The molecule has 8 heterocycles. The molecule has 0 bridgehead atoms. The molecule has 5 aromatic heterocycles. The maximum absolute atomic E-state index is 13.3. The first-order valence-electron chi connectivity index (χ1n) is 39.8. The number of methoxy groups -OCH3 is 4. The third kappa shape index (κ3) is 18.6. The van der Waals surface area contributed by atoms with Crippen LogP contribution in [0.4, 0.5) is 17.6 Å². The number of carbonyl (C=O) groups is 1. The van der Waals surface area contributed by atoms with Crippen molar-refractivity contribution in [3.05, 3.63) is 290 Å². The maximum Gasteiger partial charge on any atom is 0.222 e. The summed E-state index contributed by atoms with van der Waals surface area (Å²) in [5.74, 6) is 8.78. The Labute approximate surface area is 709 Å². The van der Waals surface area contributed by atoms with E-state index in [1.807, 2.05) is 159 Å². The Morgan fingerprint density at radius 1 is 0.647 bits per heavy atom. The van der Waals surface area contributed by atoms with Crippen molar-refractivity contribution in [3.8, 4) is 63.6 Å². The summed E-state index contributed by atoms with van der Waals surface area (Å²) in [6.07, 6.45) is 17.8. The summed E-state index contributed by atoms with van der Waals surface area (Å²) in [6.45, 7) is 17.2.